The third kappa shape index (κ3) is 3.96. The smallest absolute Gasteiger partial charge is 0.377 e. The second-order valence-electron chi connectivity index (χ2n) is 3.73. The minimum atomic E-state index is -4.10. The van der Waals surface area contributed by atoms with Gasteiger partial charge in [-0.15, -0.1) is 0 Å². The predicted octanol–water partition coefficient (Wildman–Crippen LogP) is 1.46. The fraction of sp³-hybridized carbons (Fsp3) is 1.00. The number of hydrogen-bond donors (Lipinski definition) is 1. The number of nitrogens with two attached hydrogens (primary N) is 1. The van der Waals surface area contributed by atoms with Crippen LogP contribution in [0, 0.1) is 0 Å². The maximum atomic E-state index is 11.8. The molecule has 0 bridgehead atoms. The van der Waals surface area contributed by atoms with Gasteiger partial charge >= 0.3 is 6.18 Å². The van der Waals surface area contributed by atoms with E-state index in [1.165, 1.54) is 7.11 Å². The standard InChI is InChI=1S/C9H16F3NO2/c1-14-8-6(13)5-7(8)15-4-2-3-9(10,11)12/h6-8H,2-5,13H2,1H3. The average molecular weight is 227 g/mol. The van der Waals surface area contributed by atoms with E-state index in [1.54, 1.807) is 0 Å². The molecule has 0 saturated heterocycles. The molecule has 0 heterocycles. The van der Waals surface area contributed by atoms with Gasteiger partial charge in [0.2, 0.25) is 0 Å². The van der Waals surface area contributed by atoms with Crippen LogP contribution >= 0.6 is 0 Å². The van der Waals surface area contributed by atoms with E-state index in [4.69, 9.17) is 15.2 Å². The molecule has 1 aliphatic rings. The molecule has 1 saturated carbocycles. The Bertz CT molecular complexity index is 198. The van der Waals surface area contributed by atoms with Gasteiger partial charge in [-0.2, -0.15) is 13.2 Å². The summed E-state index contributed by atoms with van der Waals surface area (Å²) < 4.78 is 45.6. The molecule has 6 heteroatoms. The summed E-state index contributed by atoms with van der Waals surface area (Å²) in [5, 5.41) is 0. The van der Waals surface area contributed by atoms with Crippen LogP contribution in [-0.4, -0.2) is 38.1 Å². The highest BCUT2D eigenvalue weighted by Crippen LogP contribution is 2.26. The Kier molecular flexibility index (Phi) is 4.36. The van der Waals surface area contributed by atoms with Crippen molar-refractivity contribution in [3.05, 3.63) is 0 Å². The third-order valence-electron chi connectivity index (χ3n) is 2.50. The van der Waals surface area contributed by atoms with Gasteiger partial charge in [-0.25, -0.2) is 0 Å². The molecule has 0 aliphatic heterocycles. The summed E-state index contributed by atoms with van der Waals surface area (Å²) in [7, 11) is 1.52. The van der Waals surface area contributed by atoms with Gasteiger partial charge in [-0.05, 0) is 12.8 Å². The molecule has 3 unspecified atom stereocenters. The first kappa shape index (κ1) is 12.7. The van der Waals surface area contributed by atoms with Gasteiger partial charge in [-0.3, -0.25) is 0 Å². The number of ether oxygens (including phenoxy) is 2. The zero-order valence-electron chi connectivity index (χ0n) is 8.59. The van der Waals surface area contributed by atoms with Crippen molar-refractivity contribution in [1.82, 2.24) is 0 Å². The molecule has 3 nitrogen and oxygen atoms in total. The minimum absolute atomic E-state index is 0.00826. The van der Waals surface area contributed by atoms with Gasteiger partial charge in [0, 0.05) is 26.2 Å². The Labute approximate surface area is 86.7 Å². The number of methoxy groups -OCH3 is 1. The summed E-state index contributed by atoms with van der Waals surface area (Å²) >= 11 is 0. The topological polar surface area (TPSA) is 44.5 Å². The third-order valence-corrected chi connectivity index (χ3v) is 2.50. The first-order valence-electron chi connectivity index (χ1n) is 4.91. The average Bonchev–Trinajstić information content (AvgIpc) is 2.09. The molecule has 0 radical (unpaired) electrons. The van der Waals surface area contributed by atoms with Crippen molar-refractivity contribution in [2.45, 2.75) is 43.7 Å². The van der Waals surface area contributed by atoms with Crippen LogP contribution in [0.2, 0.25) is 0 Å². The maximum Gasteiger partial charge on any atom is 0.389 e. The van der Waals surface area contributed by atoms with Crippen LogP contribution in [-0.2, 0) is 9.47 Å². The van der Waals surface area contributed by atoms with Crippen molar-refractivity contribution >= 4 is 0 Å². The Morgan fingerprint density at radius 2 is 2.07 bits per heavy atom. The molecule has 0 aromatic rings. The van der Waals surface area contributed by atoms with E-state index < -0.39 is 12.6 Å². The lowest BCUT2D eigenvalue weighted by atomic mass is 9.86. The first-order chi connectivity index (χ1) is 6.94. The van der Waals surface area contributed by atoms with Crippen LogP contribution in [0.25, 0.3) is 0 Å². The Morgan fingerprint density at radius 3 is 2.53 bits per heavy atom. The van der Waals surface area contributed by atoms with Crippen LogP contribution in [0.3, 0.4) is 0 Å². The van der Waals surface area contributed by atoms with Crippen LogP contribution < -0.4 is 5.73 Å². The van der Waals surface area contributed by atoms with Crippen LogP contribution in [0.1, 0.15) is 19.3 Å². The maximum absolute atomic E-state index is 11.8. The van der Waals surface area contributed by atoms with E-state index in [0.29, 0.717) is 6.42 Å². The van der Waals surface area contributed by atoms with Crippen LogP contribution in [0.5, 0.6) is 0 Å². The molecule has 0 aromatic carbocycles. The number of halogens is 3. The Balaban J connectivity index is 2.06. The summed E-state index contributed by atoms with van der Waals surface area (Å²) in [6.07, 6.45) is -4.56. The van der Waals surface area contributed by atoms with E-state index >= 15 is 0 Å². The summed E-state index contributed by atoms with van der Waals surface area (Å²) in [6, 6.07) is -0.0531. The second kappa shape index (κ2) is 5.14. The fourth-order valence-corrected chi connectivity index (χ4v) is 1.61. The van der Waals surface area contributed by atoms with Crippen molar-refractivity contribution in [2.75, 3.05) is 13.7 Å². The van der Waals surface area contributed by atoms with Crippen molar-refractivity contribution in [3.63, 3.8) is 0 Å². The quantitative estimate of drug-likeness (QED) is 0.723. The highest BCUT2D eigenvalue weighted by Gasteiger charge is 2.39. The molecule has 1 aliphatic carbocycles. The predicted molar refractivity (Wildman–Crippen MR) is 48.4 cm³/mol. The van der Waals surface area contributed by atoms with Gasteiger partial charge in [0.15, 0.2) is 0 Å². The molecular weight excluding hydrogens is 211 g/mol. The Morgan fingerprint density at radius 1 is 1.40 bits per heavy atom. The largest absolute Gasteiger partial charge is 0.389 e. The van der Waals surface area contributed by atoms with Crippen LogP contribution in [0.4, 0.5) is 13.2 Å². The lowest BCUT2D eigenvalue weighted by molar-refractivity contribution is -0.150. The second-order valence-corrected chi connectivity index (χ2v) is 3.73. The molecule has 0 spiro atoms. The van der Waals surface area contributed by atoms with E-state index in [9.17, 15) is 13.2 Å². The zero-order valence-corrected chi connectivity index (χ0v) is 8.59. The van der Waals surface area contributed by atoms with E-state index in [1.807, 2.05) is 0 Å². The fourth-order valence-electron chi connectivity index (χ4n) is 1.61. The van der Waals surface area contributed by atoms with Crippen molar-refractivity contribution in [2.24, 2.45) is 5.73 Å². The lowest BCUT2D eigenvalue weighted by Crippen LogP contribution is -2.57. The molecule has 15 heavy (non-hydrogen) atoms. The Hall–Kier alpha value is -0.330. The molecule has 2 N–H and O–H groups in total. The SMILES string of the molecule is COC1C(N)CC1OCCCC(F)(F)F. The van der Waals surface area contributed by atoms with Gasteiger partial charge < -0.3 is 15.2 Å². The van der Waals surface area contributed by atoms with Crippen molar-refractivity contribution in [1.29, 1.82) is 0 Å². The summed E-state index contributed by atoms with van der Waals surface area (Å²) in [5.41, 5.74) is 5.61. The summed E-state index contributed by atoms with van der Waals surface area (Å²) in [6.45, 7) is 0.108. The van der Waals surface area contributed by atoms with Crippen LogP contribution in [0.15, 0.2) is 0 Å². The molecule has 1 fully saturated rings. The van der Waals surface area contributed by atoms with E-state index in [0.717, 1.165) is 0 Å². The lowest BCUT2D eigenvalue weighted by Gasteiger charge is -2.40. The van der Waals surface area contributed by atoms with E-state index in [-0.39, 0.29) is 31.3 Å². The first-order valence-corrected chi connectivity index (χ1v) is 4.91. The van der Waals surface area contributed by atoms with Gasteiger partial charge in [-0.1, -0.05) is 0 Å². The number of alkyl halides is 3. The van der Waals surface area contributed by atoms with Gasteiger partial charge in [0.05, 0.1) is 12.2 Å². The van der Waals surface area contributed by atoms with E-state index in [2.05, 4.69) is 0 Å². The summed E-state index contributed by atoms with van der Waals surface area (Å²) in [4.78, 5) is 0. The molecule has 90 valence electrons. The van der Waals surface area contributed by atoms with Gasteiger partial charge in [0.25, 0.3) is 0 Å². The van der Waals surface area contributed by atoms with Crippen molar-refractivity contribution in [3.8, 4) is 0 Å². The molecule has 3 atom stereocenters. The van der Waals surface area contributed by atoms with Gasteiger partial charge in [0.1, 0.15) is 0 Å². The monoisotopic (exact) mass is 227 g/mol. The highest BCUT2D eigenvalue weighted by molar-refractivity contribution is 4.94. The van der Waals surface area contributed by atoms with Crippen molar-refractivity contribution < 1.29 is 22.6 Å². The molecule has 0 amide bonds. The summed E-state index contributed by atoms with van der Waals surface area (Å²) in [5.74, 6) is 0. The molecule has 0 aromatic heterocycles. The number of hydrogen-bond acceptors (Lipinski definition) is 3. The number of rotatable bonds is 5. The highest BCUT2D eigenvalue weighted by atomic mass is 19.4. The molecule has 1 rings (SSSR count). The molecular formula is C9H16F3NO2. The zero-order chi connectivity index (χ0) is 11.5. The minimum Gasteiger partial charge on any atom is -0.377 e. The normalized spacial score (nSPS) is 31.4.